The Hall–Kier alpha value is -2.20. The molecule has 2 aromatic carbocycles. The van der Waals surface area contributed by atoms with E-state index in [-0.39, 0.29) is 6.61 Å². The van der Waals surface area contributed by atoms with Crippen LogP contribution >= 0.6 is 11.6 Å². The minimum Gasteiger partial charge on any atom is -0.488 e. The van der Waals surface area contributed by atoms with Crippen LogP contribution in [0.2, 0.25) is 5.02 Å². The highest BCUT2D eigenvalue weighted by molar-refractivity contribution is 6.30. The second kappa shape index (κ2) is 5.63. The molecule has 2 aromatic rings. The maximum Gasteiger partial charge on any atom is 0.252 e. The summed E-state index contributed by atoms with van der Waals surface area (Å²) in [5.74, 6) is -0.187. The fourth-order valence-corrected chi connectivity index (χ4v) is 1.86. The van der Waals surface area contributed by atoms with E-state index in [4.69, 9.17) is 27.8 Å². The second-order valence-electron chi connectivity index (χ2n) is 4.04. The maximum absolute atomic E-state index is 11.3. The molecule has 0 radical (unpaired) electrons. The van der Waals surface area contributed by atoms with Gasteiger partial charge >= 0.3 is 0 Å². The van der Waals surface area contributed by atoms with E-state index in [9.17, 15) is 4.79 Å². The van der Waals surface area contributed by atoms with Gasteiger partial charge in [-0.1, -0.05) is 23.7 Å². The maximum atomic E-state index is 11.3. The minimum absolute atomic E-state index is 0.282. The smallest absolute Gasteiger partial charge is 0.252 e. The Morgan fingerprint density at radius 2 is 2.00 bits per heavy atom. The Labute approximate surface area is 115 Å². The molecule has 0 heterocycles. The molecule has 5 heteroatoms. The first-order valence-corrected chi connectivity index (χ1v) is 6.00. The normalized spacial score (nSPS) is 10.2. The number of amides is 1. The largest absolute Gasteiger partial charge is 0.488 e. The van der Waals surface area contributed by atoms with Crippen LogP contribution < -0.4 is 16.2 Å². The summed E-state index contributed by atoms with van der Waals surface area (Å²) in [6.07, 6.45) is 0. The van der Waals surface area contributed by atoms with E-state index in [1.54, 1.807) is 30.3 Å². The van der Waals surface area contributed by atoms with Crippen molar-refractivity contribution in [2.24, 2.45) is 5.73 Å². The van der Waals surface area contributed by atoms with Crippen LogP contribution in [0.3, 0.4) is 0 Å². The topological polar surface area (TPSA) is 78.3 Å². The summed E-state index contributed by atoms with van der Waals surface area (Å²) < 4.78 is 5.58. The van der Waals surface area contributed by atoms with Gasteiger partial charge < -0.3 is 16.2 Å². The molecule has 0 atom stereocenters. The summed E-state index contributed by atoms with van der Waals surface area (Å²) in [7, 11) is 0. The summed E-state index contributed by atoms with van der Waals surface area (Å²) >= 11 is 5.88. The van der Waals surface area contributed by atoms with E-state index in [2.05, 4.69) is 0 Å². The van der Waals surface area contributed by atoms with Crippen molar-refractivity contribution in [1.82, 2.24) is 0 Å². The molecule has 0 bridgehead atoms. The number of primary amides is 1. The molecule has 0 saturated carbocycles. The third-order valence-electron chi connectivity index (χ3n) is 2.55. The van der Waals surface area contributed by atoms with E-state index >= 15 is 0 Å². The van der Waals surface area contributed by atoms with E-state index in [0.717, 1.165) is 5.56 Å². The highest BCUT2D eigenvalue weighted by atomic mass is 35.5. The summed E-state index contributed by atoms with van der Waals surface area (Å²) in [6, 6.07) is 12.0. The molecule has 4 nitrogen and oxygen atoms in total. The highest BCUT2D eigenvalue weighted by Gasteiger charge is 2.10. The van der Waals surface area contributed by atoms with Crippen LogP contribution in [-0.2, 0) is 6.61 Å². The van der Waals surface area contributed by atoms with Crippen LogP contribution in [0.1, 0.15) is 15.9 Å². The van der Waals surface area contributed by atoms with Gasteiger partial charge in [0.05, 0.1) is 5.56 Å². The standard InChI is InChI=1S/C14H13ClN2O2/c15-10-3-1-2-9(6-10)8-19-13-7-11(16)4-5-12(13)14(17)18/h1-7H,8,16H2,(H2,17,18). The number of benzene rings is 2. The van der Waals surface area contributed by atoms with E-state index in [1.165, 1.54) is 0 Å². The van der Waals surface area contributed by atoms with Crippen LogP contribution in [0, 0.1) is 0 Å². The van der Waals surface area contributed by atoms with Gasteiger partial charge in [0.25, 0.3) is 5.91 Å². The summed E-state index contributed by atoms with van der Waals surface area (Å²) in [4.78, 5) is 11.3. The van der Waals surface area contributed by atoms with Crippen molar-refractivity contribution in [2.75, 3.05) is 5.73 Å². The lowest BCUT2D eigenvalue weighted by Crippen LogP contribution is -2.13. The van der Waals surface area contributed by atoms with Gasteiger partial charge in [-0.25, -0.2) is 0 Å². The second-order valence-corrected chi connectivity index (χ2v) is 4.47. The third kappa shape index (κ3) is 3.39. The Balaban J connectivity index is 2.19. The summed E-state index contributed by atoms with van der Waals surface area (Å²) in [5.41, 5.74) is 12.6. The molecule has 98 valence electrons. The molecule has 0 aliphatic rings. The summed E-state index contributed by atoms with van der Waals surface area (Å²) in [5, 5.41) is 0.629. The first-order chi connectivity index (χ1) is 9.06. The molecule has 0 saturated heterocycles. The first-order valence-electron chi connectivity index (χ1n) is 5.63. The lowest BCUT2D eigenvalue weighted by molar-refractivity contribution is 0.0996. The predicted octanol–water partition coefficient (Wildman–Crippen LogP) is 2.60. The average molecular weight is 277 g/mol. The average Bonchev–Trinajstić information content (AvgIpc) is 2.36. The SMILES string of the molecule is NC(=O)c1ccc(N)cc1OCc1cccc(Cl)c1. The summed E-state index contributed by atoms with van der Waals surface area (Å²) in [6.45, 7) is 0.282. The Kier molecular flexibility index (Phi) is 3.92. The molecular weight excluding hydrogens is 264 g/mol. The lowest BCUT2D eigenvalue weighted by atomic mass is 10.1. The van der Waals surface area contributed by atoms with Gasteiger partial charge in [0, 0.05) is 16.8 Å². The Morgan fingerprint density at radius 1 is 1.21 bits per heavy atom. The number of carbonyl (C=O) groups is 1. The number of anilines is 1. The fourth-order valence-electron chi connectivity index (χ4n) is 1.65. The van der Waals surface area contributed by atoms with Gasteiger partial charge in [-0.2, -0.15) is 0 Å². The fraction of sp³-hybridized carbons (Fsp3) is 0.0714. The quantitative estimate of drug-likeness (QED) is 0.843. The highest BCUT2D eigenvalue weighted by Crippen LogP contribution is 2.23. The van der Waals surface area contributed by atoms with Crippen LogP contribution in [-0.4, -0.2) is 5.91 Å². The molecule has 0 fully saturated rings. The van der Waals surface area contributed by atoms with Crippen molar-refractivity contribution >= 4 is 23.2 Å². The molecule has 4 N–H and O–H groups in total. The zero-order valence-electron chi connectivity index (χ0n) is 10.1. The number of nitrogen functional groups attached to an aromatic ring is 1. The number of nitrogens with two attached hydrogens (primary N) is 2. The van der Waals surface area contributed by atoms with Gasteiger partial charge in [0.15, 0.2) is 0 Å². The van der Waals surface area contributed by atoms with E-state index in [0.29, 0.717) is 22.0 Å². The van der Waals surface area contributed by atoms with Crippen molar-refractivity contribution in [1.29, 1.82) is 0 Å². The van der Waals surface area contributed by atoms with Crippen LogP contribution in [0.15, 0.2) is 42.5 Å². The monoisotopic (exact) mass is 276 g/mol. The number of halogens is 1. The number of hydrogen-bond donors (Lipinski definition) is 2. The zero-order chi connectivity index (χ0) is 13.8. The van der Waals surface area contributed by atoms with Crippen molar-refractivity contribution in [3.8, 4) is 5.75 Å². The first kappa shape index (κ1) is 13.2. The Morgan fingerprint density at radius 3 is 2.68 bits per heavy atom. The number of rotatable bonds is 4. The molecule has 0 aromatic heterocycles. The van der Waals surface area contributed by atoms with Gasteiger partial charge in [-0.3, -0.25) is 4.79 Å². The van der Waals surface area contributed by atoms with Crippen molar-refractivity contribution in [3.05, 3.63) is 58.6 Å². The third-order valence-corrected chi connectivity index (χ3v) is 2.79. The van der Waals surface area contributed by atoms with Gasteiger partial charge in [-0.15, -0.1) is 0 Å². The zero-order valence-corrected chi connectivity index (χ0v) is 10.9. The van der Waals surface area contributed by atoms with E-state index < -0.39 is 5.91 Å². The molecular formula is C14H13ClN2O2. The lowest BCUT2D eigenvalue weighted by Gasteiger charge is -2.10. The van der Waals surface area contributed by atoms with Gasteiger partial charge in [-0.05, 0) is 29.8 Å². The minimum atomic E-state index is -0.555. The number of ether oxygens (including phenoxy) is 1. The molecule has 0 aliphatic carbocycles. The molecule has 0 spiro atoms. The van der Waals surface area contributed by atoms with Crippen molar-refractivity contribution < 1.29 is 9.53 Å². The van der Waals surface area contributed by atoms with Gasteiger partial charge in [0.1, 0.15) is 12.4 Å². The molecule has 2 rings (SSSR count). The molecule has 0 aliphatic heterocycles. The number of carbonyl (C=O) groups excluding carboxylic acids is 1. The van der Waals surface area contributed by atoms with Crippen LogP contribution in [0.4, 0.5) is 5.69 Å². The molecule has 0 unspecified atom stereocenters. The van der Waals surface area contributed by atoms with Crippen molar-refractivity contribution in [3.63, 3.8) is 0 Å². The van der Waals surface area contributed by atoms with E-state index in [1.807, 2.05) is 12.1 Å². The van der Waals surface area contributed by atoms with Gasteiger partial charge in [0.2, 0.25) is 0 Å². The van der Waals surface area contributed by atoms with Crippen molar-refractivity contribution in [2.45, 2.75) is 6.61 Å². The molecule has 1 amide bonds. The van der Waals surface area contributed by atoms with Crippen LogP contribution in [0.25, 0.3) is 0 Å². The Bertz CT molecular complexity index is 614. The number of hydrogen-bond acceptors (Lipinski definition) is 3. The van der Waals surface area contributed by atoms with Crippen LogP contribution in [0.5, 0.6) is 5.75 Å². The molecule has 19 heavy (non-hydrogen) atoms. The predicted molar refractivity (Wildman–Crippen MR) is 75.2 cm³/mol.